The van der Waals surface area contributed by atoms with Gasteiger partial charge >= 0.3 is 5.97 Å². The Bertz CT molecular complexity index is 841. The number of Topliss-reactive ketones (excluding diaryl/α,β-unsaturated/α-hetero) is 1. The van der Waals surface area contributed by atoms with Crippen molar-refractivity contribution < 1.29 is 19.5 Å². The summed E-state index contributed by atoms with van der Waals surface area (Å²) in [4.78, 5) is 42.6. The highest BCUT2D eigenvalue weighted by molar-refractivity contribution is 7.12. The Labute approximate surface area is 162 Å². The van der Waals surface area contributed by atoms with Gasteiger partial charge in [-0.2, -0.15) is 0 Å². The van der Waals surface area contributed by atoms with Crippen LogP contribution in [0.1, 0.15) is 47.7 Å². The van der Waals surface area contributed by atoms with E-state index >= 15 is 0 Å². The van der Waals surface area contributed by atoms with E-state index in [0.717, 1.165) is 0 Å². The lowest BCUT2D eigenvalue weighted by atomic mass is 9.90. The quantitative estimate of drug-likeness (QED) is 0.751. The summed E-state index contributed by atoms with van der Waals surface area (Å²) < 4.78 is 0. The smallest absolute Gasteiger partial charge is 0.339 e. The minimum absolute atomic E-state index is 0.0161. The minimum atomic E-state index is -1.17. The summed E-state index contributed by atoms with van der Waals surface area (Å²) in [5.74, 6) is -1.31. The van der Waals surface area contributed by atoms with Gasteiger partial charge in [0, 0.05) is 12.0 Å². The van der Waals surface area contributed by atoms with Crippen LogP contribution in [0.3, 0.4) is 0 Å². The zero-order chi connectivity index (χ0) is 20.2. The molecule has 2 rings (SSSR count). The topological polar surface area (TPSA) is 99.6 Å². The summed E-state index contributed by atoms with van der Waals surface area (Å²) in [5.41, 5.74) is -0.318. The number of hydrogen-bond acceptors (Lipinski definition) is 6. The third kappa shape index (κ3) is 5.13. The average Bonchev–Trinajstić information content (AvgIpc) is 3.13. The zero-order valence-electron chi connectivity index (χ0n) is 15.8. The molecule has 0 saturated heterocycles. The molecule has 2 heterocycles. The number of nitrogens with zero attached hydrogens (tertiary/aromatic N) is 2. The van der Waals surface area contributed by atoms with E-state index in [1.807, 2.05) is 27.7 Å². The molecule has 7 nitrogen and oxygen atoms in total. The molecule has 2 aromatic rings. The second-order valence-electron chi connectivity index (χ2n) is 7.02. The van der Waals surface area contributed by atoms with Crippen LogP contribution >= 0.6 is 11.3 Å². The molecule has 0 spiro atoms. The molecule has 2 aromatic heterocycles. The van der Waals surface area contributed by atoms with Crippen LogP contribution in [0.5, 0.6) is 0 Å². The summed E-state index contributed by atoms with van der Waals surface area (Å²) in [7, 11) is 0. The van der Waals surface area contributed by atoms with Gasteiger partial charge in [0.05, 0.1) is 23.3 Å². The number of nitrogens with one attached hydrogen (secondary N) is 1. The molecule has 0 aliphatic rings. The first kappa shape index (κ1) is 20.6. The first-order chi connectivity index (χ1) is 12.6. The normalized spacial score (nSPS) is 11.1. The molecule has 0 saturated carbocycles. The van der Waals surface area contributed by atoms with E-state index in [4.69, 9.17) is 0 Å². The van der Waals surface area contributed by atoms with E-state index in [2.05, 4.69) is 10.3 Å². The van der Waals surface area contributed by atoms with Crippen molar-refractivity contribution in [1.82, 2.24) is 4.98 Å². The van der Waals surface area contributed by atoms with Crippen LogP contribution in [0.15, 0.2) is 29.8 Å². The van der Waals surface area contributed by atoms with Crippen LogP contribution in [-0.4, -0.2) is 40.8 Å². The van der Waals surface area contributed by atoms with E-state index in [1.54, 1.807) is 22.4 Å². The van der Waals surface area contributed by atoms with Gasteiger partial charge in [-0.25, -0.2) is 9.78 Å². The van der Waals surface area contributed by atoms with E-state index in [9.17, 15) is 19.5 Å². The minimum Gasteiger partial charge on any atom is -0.478 e. The third-order valence-corrected chi connectivity index (χ3v) is 4.82. The highest BCUT2D eigenvalue weighted by Crippen LogP contribution is 2.24. The Morgan fingerprint density at radius 1 is 1.30 bits per heavy atom. The van der Waals surface area contributed by atoms with Gasteiger partial charge in [-0.3, -0.25) is 9.59 Å². The monoisotopic (exact) mass is 389 g/mol. The Balaban J connectivity index is 2.30. The summed E-state index contributed by atoms with van der Waals surface area (Å²) in [5, 5.41) is 14.0. The molecule has 2 N–H and O–H groups in total. The summed E-state index contributed by atoms with van der Waals surface area (Å²) in [6.07, 6.45) is 1.40. The van der Waals surface area contributed by atoms with Crippen LogP contribution in [0.25, 0.3) is 0 Å². The Morgan fingerprint density at radius 2 is 2.00 bits per heavy atom. The molecular weight excluding hydrogens is 366 g/mol. The first-order valence-corrected chi connectivity index (χ1v) is 9.38. The van der Waals surface area contributed by atoms with Crippen molar-refractivity contribution in [3.8, 4) is 0 Å². The summed E-state index contributed by atoms with van der Waals surface area (Å²) >= 11 is 1.29. The molecule has 8 heteroatoms. The number of carboxylic acids is 1. The number of anilines is 2. The zero-order valence-corrected chi connectivity index (χ0v) is 16.6. The molecule has 0 radical (unpaired) electrons. The van der Waals surface area contributed by atoms with Crippen molar-refractivity contribution in [2.24, 2.45) is 5.41 Å². The molecule has 0 atom stereocenters. The third-order valence-electron chi connectivity index (χ3n) is 3.95. The van der Waals surface area contributed by atoms with Gasteiger partial charge in [-0.1, -0.05) is 26.8 Å². The molecule has 27 heavy (non-hydrogen) atoms. The number of thiophene rings is 1. The first-order valence-electron chi connectivity index (χ1n) is 8.50. The van der Waals surface area contributed by atoms with Gasteiger partial charge in [-0.05, 0) is 24.4 Å². The average molecular weight is 389 g/mol. The predicted molar refractivity (Wildman–Crippen MR) is 106 cm³/mol. The molecule has 0 bridgehead atoms. The van der Waals surface area contributed by atoms with Crippen LogP contribution in [0.4, 0.5) is 11.5 Å². The molecule has 0 unspecified atom stereocenters. The number of likely N-dealkylation sites (N-methyl/N-ethyl adjacent to an activating group) is 1. The van der Waals surface area contributed by atoms with Crippen molar-refractivity contribution >= 4 is 40.5 Å². The van der Waals surface area contributed by atoms with Crippen LogP contribution < -0.4 is 10.2 Å². The standard InChI is InChI=1S/C19H23N3O4S/c1-5-22(11-15(23)19(2,3)4)16-13(18(25)26)9-12(10-20-16)21-17(24)14-7-6-8-27-14/h6-10H,5,11H2,1-4H3,(H,21,24)(H,25,26). The lowest BCUT2D eigenvalue weighted by molar-refractivity contribution is -0.124. The SMILES string of the molecule is CCN(CC(=O)C(C)(C)C)c1ncc(NC(=O)c2cccs2)cc1C(=O)O. The Hall–Kier alpha value is -2.74. The van der Waals surface area contributed by atoms with Gasteiger partial charge < -0.3 is 15.3 Å². The molecule has 0 fully saturated rings. The number of carboxylic acid groups (broad SMARTS) is 1. The maximum Gasteiger partial charge on any atom is 0.339 e. The molecule has 0 aliphatic heterocycles. The van der Waals surface area contributed by atoms with Gasteiger partial charge in [-0.15, -0.1) is 11.3 Å². The van der Waals surface area contributed by atoms with Crippen molar-refractivity contribution in [1.29, 1.82) is 0 Å². The number of rotatable bonds is 7. The fraction of sp³-hybridized carbons (Fsp3) is 0.368. The van der Waals surface area contributed by atoms with Gasteiger partial charge in [0.15, 0.2) is 5.78 Å². The molecule has 144 valence electrons. The van der Waals surface area contributed by atoms with Crippen LogP contribution in [0, 0.1) is 5.41 Å². The number of carbonyl (C=O) groups excluding carboxylic acids is 2. The van der Waals surface area contributed by atoms with Gasteiger partial charge in [0.1, 0.15) is 11.4 Å². The van der Waals surface area contributed by atoms with Crippen molar-refractivity contribution in [2.75, 3.05) is 23.3 Å². The van der Waals surface area contributed by atoms with Crippen molar-refractivity contribution in [3.63, 3.8) is 0 Å². The second-order valence-corrected chi connectivity index (χ2v) is 7.97. The number of ketones is 1. The maximum absolute atomic E-state index is 12.4. The number of carbonyl (C=O) groups is 3. The van der Waals surface area contributed by atoms with Gasteiger partial charge in [0.25, 0.3) is 5.91 Å². The van der Waals surface area contributed by atoms with Gasteiger partial charge in [0.2, 0.25) is 0 Å². The second kappa shape index (κ2) is 8.30. The van der Waals surface area contributed by atoms with E-state index in [1.165, 1.54) is 23.6 Å². The Kier molecular flexibility index (Phi) is 6.32. The summed E-state index contributed by atoms with van der Waals surface area (Å²) in [6, 6.07) is 4.80. The van der Waals surface area contributed by atoms with Crippen molar-refractivity contribution in [2.45, 2.75) is 27.7 Å². The predicted octanol–water partition coefficient (Wildman–Crippen LogP) is 3.54. The number of aromatic carboxylic acids is 1. The molecule has 1 amide bonds. The number of aromatic nitrogens is 1. The van der Waals surface area contributed by atoms with E-state index in [-0.39, 0.29) is 35.3 Å². The fourth-order valence-electron chi connectivity index (χ4n) is 2.28. The Morgan fingerprint density at radius 3 is 2.52 bits per heavy atom. The number of pyridine rings is 1. The van der Waals surface area contributed by atoms with E-state index < -0.39 is 11.4 Å². The largest absolute Gasteiger partial charge is 0.478 e. The summed E-state index contributed by atoms with van der Waals surface area (Å²) in [6.45, 7) is 7.77. The maximum atomic E-state index is 12.4. The molecular formula is C19H23N3O4S. The fourth-order valence-corrected chi connectivity index (χ4v) is 2.90. The van der Waals surface area contributed by atoms with Crippen molar-refractivity contribution in [3.05, 3.63) is 40.2 Å². The highest BCUT2D eigenvalue weighted by atomic mass is 32.1. The molecule has 0 aromatic carbocycles. The highest BCUT2D eigenvalue weighted by Gasteiger charge is 2.26. The number of hydrogen-bond donors (Lipinski definition) is 2. The lowest BCUT2D eigenvalue weighted by Crippen LogP contribution is -2.37. The number of amides is 1. The van der Waals surface area contributed by atoms with Crippen LogP contribution in [-0.2, 0) is 4.79 Å². The van der Waals surface area contributed by atoms with Crippen LogP contribution in [0.2, 0.25) is 0 Å². The molecule has 0 aliphatic carbocycles. The van der Waals surface area contributed by atoms with E-state index in [0.29, 0.717) is 11.4 Å². The lowest BCUT2D eigenvalue weighted by Gasteiger charge is -2.26.